The van der Waals surface area contributed by atoms with Crippen molar-refractivity contribution in [2.45, 2.75) is 12.4 Å². The lowest BCUT2D eigenvalue weighted by Crippen LogP contribution is -2.32. The third kappa shape index (κ3) is 2.86. The third-order valence-corrected chi connectivity index (χ3v) is 3.45. The maximum atomic E-state index is 10.6. The fraction of sp³-hybridized carbons (Fsp3) is 0.273. The summed E-state index contributed by atoms with van der Waals surface area (Å²) in [4.78, 5) is 15.1. The largest absolute Gasteiger partial charge is 0.352 e. The number of nitrogens with two attached hydrogens (primary N) is 1. The number of primary amides is 1. The highest BCUT2D eigenvalue weighted by Crippen LogP contribution is 2.19. The van der Waals surface area contributed by atoms with Crippen molar-refractivity contribution >= 4 is 51.3 Å². The highest BCUT2D eigenvalue weighted by molar-refractivity contribution is 14.1. The van der Waals surface area contributed by atoms with Crippen molar-refractivity contribution in [3.05, 3.63) is 27.6 Å². The maximum absolute atomic E-state index is 10.6. The lowest BCUT2D eigenvalue weighted by atomic mass is 10.3. The van der Waals surface area contributed by atoms with Crippen LogP contribution in [0.5, 0.6) is 0 Å². The quantitative estimate of drug-likeness (QED) is 0.631. The third-order valence-electron chi connectivity index (χ3n) is 2.54. The van der Waals surface area contributed by atoms with Crippen molar-refractivity contribution in [2.24, 2.45) is 5.73 Å². The zero-order chi connectivity index (χ0) is 13.1. The first-order valence-corrected chi connectivity index (χ1v) is 6.97. The van der Waals surface area contributed by atoms with Gasteiger partial charge in [-0.05, 0) is 40.8 Å². The average molecular weight is 379 g/mol. The molecule has 0 fully saturated rings. The van der Waals surface area contributed by atoms with E-state index < -0.39 is 6.03 Å². The van der Waals surface area contributed by atoms with Gasteiger partial charge in [-0.15, -0.1) is 11.6 Å². The smallest absolute Gasteiger partial charge is 0.312 e. The average Bonchev–Trinajstić information content (AvgIpc) is 2.66. The Kier molecular flexibility index (Phi) is 4.28. The minimum Gasteiger partial charge on any atom is -0.352 e. The topological polar surface area (TPSA) is 72.9 Å². The number of urea groups is 1. The minimum absolute atomic E-state index is 0.335. The van der Waals surface area contributed by atoms with Crippen LogP contribution in [0.4, 0.5) is 4.79 Å². The number of nitrogens with one attached hydrogen (secondary N) is 1. The second-order valence-corrected chi connectivity index (χ2v) is 5.25. The summed E-state index contributed by atoms with van der Waals surface area (Å²) in [6, 6.07) is 5.50. The fourth-order valence-corrected chi connectivity index (χ4v) is 2.47. The van der Waals surface area contributed by atoms with Crippen molar-refractivity contribution in [2.75, 3.05) is 6.54 Å². The molecule has 1 aromatic heterocycles. The second kappa shape index (κ2) is 5.75. The number of rotatable bonds is 4. The number of amides is 2. The van der Waals surface area contributed by atoms with E-state index in [-0.39, 0.29) is 0 Å². The molecule has 0 radical (unpaired) electrons. The molecular formula is C11H12ClIN4O. The number of imidazole rings is 1. The Bertz CT molecular complexity index is 584. The summed E-state index contributed by atoms with van der Waals surface area (Å²) in [5.41, 5.74) is 6.96. The first kappa shape index (κ1) is 13.4. The molecule has 0 unspecified atom stereocenters. The standard InChI is InChI=1S/C11H12ClIN4O/c12-6-10-16-8-5-7(13)1-2-9(8)17(10)4-3-15-11(14)18/h1-2,5H,3-4,6H2,(H3,14,15,18). The molecule has 96 valence electrons. The normalized spacial score (nSPS) is 10.8. The van der Waals surface area contributed by atoms with E-state index in [0.717, 1.165) is 20.4 Å². The molecule has 1 aromatic carbocycles. The Morgan fingerprint density at radius 1 is 1.56 bits per heavy atom. The molecule has 18 heavy (non-hydrogen) atoms. The number of carbonyl (C=O) groups excluding carboxylic acids is 1. The second-order valence-electron chi connectivity index (χ2n) is 3.74. The summed E-state index contributed by atoms with van der Waals surface area (Å²) < 4.78 is 3.12. The zero-order valence-corrected chi connectivity index (χ0v) is 12.4. The number of alkyl halides is 1. The summed E-state index contributed by atoms with van der Waals surface area (Å²) >= 11 is 8.13. The van der Waals surface area contributed by atoms with Crippen molar-refractivity contribution in [3.8, 4) is 0 Å². The van der Waals surface area contributed by atoms with Crippen LogP contribution >= 0.6 is 34.2 Å². The summed E-state index contributed by atoms with van der Waals surface area (Å²) in [5, 5.41) is 2.56. The van der Waals surface area contributed by atoms with E-state index in [1.54, 1.807) is 0 Å². The zero-order valence-electron chi connectivity index (χ0n) is 9.49. The van der Waals surface area contributed by atoms with Gasteiger partial charge < -0.3 is 15.6 Å². The maximum Gasteiger partial charge on any atom is 0.312 e. The van der Waals surface area contributed by atoms with Crippen molar-refractivity contribution in [1.29, 1.82) is 0 Å². The van der Waals surface area contributed by atoms with Crippen molar-refractivity contribution in [3.63, 3.8) is 0 Å². The summed E-state index contributed by atoms with van der Waals surface area (Å²) in [6.45, 7) is 1.05. The molecule has 5 nitrogen and oxygen atoms in total. The molecular weight excluding hydrogens is 367 g/mol. The van der Waals surface area contributed by atoms with Crippen LogP contribution < -0.4 is 11.1 Å². The van der Waals surface area contributed by atoms with Gasteiger partial charge in [0, 0.05) is 16.7 Å². The van der Waals surface area contributed by atoms with Gasteiger partial charge in [-0.2, -0.15) is 0 Å². The summed E-state index contributed by atoms with van der Waals surface area (Å²) in [6.07, 6.45) is 0. The Balaban J connectivity index is 2.31. The fourth-order valence-electron chi connectivity index (χ4n) is 1.80. The number of fused-ring (bicyclic) bond motifs is 1. The lowest BCUT2D eigenvalue weighted by molar-refractivity contribution is 0.248. The van der Waals surface area contributed by atoms with E-state index in [1.807, 2.05) is 22.8 Å². The van der Waals surface area contributed by atoms with Crippen LogP contribution in [-0.2, 0) is 12.4 Å². The highest BCUT2D eigenvalue weighted by Gasteiger charge is 2.09. The van der Waals surface area contributed by atoms with Gasteiger partial charge in [-0.1, -0.05) is 0 Å². The summed E-state index contributed by atoms with van der Waals surface area (Å²) in [7, 11) is 0. The molecule has 1 heterocycles. The van der Waals surface area contributed by atoms with Gasteiger partial charge in [0.1, 0.15) is 5.82 Å². The van der Waals surface area contributed by atoms with Gasteiger partial charge in [-0.3, -0.25) is 0 Å². The Labute approximate surface area is 123 Å². The van der Waals surface area contributed by atoms with Gasteiger partial charge in [0.2, 0.25) is 0 Å². The number of carbonyl (C=O) groups is 1. The molecule has 0 atom stereocenters. The molecule has 0 saturated carbocycles. The van der Waals surface area contributed by atoms with Crippen molar-refractivity contribution in [1.82, 2.24) is 14.9 Å². The van der Waals surface area contributed by atoms with E-state index in [9.17, 15) is 4.79 Å². The van der Waals surface area contributed by atoms with E-state index in [4.69, 9.17) is 17.3 Å². The minimum atomic E-state index is -0.526. The van der Waals surface area contributed by atoms with Crippen LogP contribution in [0.3, 0.4) is 0 Å². The van der Waals surface area contributed by atoms with Gasteiger partial charge >= 0.3 is 6.03 Å². The number of benzene rings is 1. The molecule has 0 aliphatic rings. The van der Waals surface area contributed by atoms with Gasteiger partial charge in [0.25, 0.3) is 0 Å². The van der Waals surface area contributed by atoms with Gasteiger partial charge in [0.05, 0.1) is 16.9 Å². The SMILES string of the molecule is NC(=O)NCCn1c(CCl)nc2cc(I)ccc21. The van der Waals surface area contributed by atoms with E-state index in [0.29, 0.717) is 19.0 Å². The van der Waals surface area contributed by atoms with E-state index >= 15 is 0 Å². The molecule has 2 rings (SSSR count). The number of nitrogens with zero attached hydrogens (tertiary/aromatic N) is 2. The molecule has 0 spiro atoms. The molecule has 0 saturated heterocycles. The molecule has 2 amide bonds. The van der Waals surface area contributed by atoms with Crippen LogP contribution in [0.25, 0.3) is 11.0 Å². The van der Waals surface area contributed by atoms with Crippen LogP contribution in [0.15, 0.2) is 18.2 Å². The highest BCUT2D eigenvalue weighted by atomic mass is 127. The van der Waals surface area contributed by atoms with E-state index in [2.05, 4.69) is 32.9 Å². The van der Waals surface area contributed by atoms with Gasteiger partial charge in [-0.25, -0.2) is 9.78 Å². The first-order valence-electron chi connectivity index (χ1n) is 5.35. The number of hydrogen-bond acceptors (Lipinski definition) is 2. The predicted molar refractivity (Wildman–Crippen MR) is 79.6 cm³/mol. The van der Waals surface area contributed by atoms with Gasteiger partial charge in [0.15, 0.2) is 0 Å². The Morgan fingerprint density at radius 3 is 3.00 bits per heavy atom. The number of hydrogen-bond donors (Lipinski definition) is 2. The molecule has 3 N–H and O–H groups in total. The number of halogens is 2. The molecule has 0 bridgehead atoms. The summed E-state index contributed by atoms with van der Waals surface area (Å²) in [5.74, 6) is 1.13. The molecule has 0 aliphatic carbocycles. The van der Waals surface area contributed by atoms with Crippen molar-refractivity contribution < 1.29 is 4.79 Å². The van der Waals surface area contributed by atoms with Crippen LogP contribution in [0, 0.1) is 3.57 Å². The van der Waals surface area contributed by atoms with Crippen LogP contribution in [-0.4, -0.2) is 22.1 Å². The number of aromatic nitrogens is 2. The van der Waals surface area contributed by atoms with Crippen LogP contribution in [0.1, 0.15) is 5.82 Å². The van der Waals surface area contributed by atoms with E-state index in [1.165, 1.54) is 0 Å². The first-order chi connectivity index (χ1) is 8.61. The molecule has 7 heteroatoms. The molecule has 2 aromatic rings. The van der Waals surface area contributed by atoms with Crippen LogP contribution in [0.2, 0.25) is 0 Å². The monoisotopic (exact) mass is 378 g/mol. The Hall–Kier alpha value is -1.02. The Morgan fingerprint density at radius 2 is 2.33 bits per heavy atom. The lowest BCUT2D eigenvalue weighted by Gasteiger charge is -2.07. The molecule has 0 aliphatic heterocycles. The predicted octanol–water partition coefficient (Wildman–Crippen LogP) is 2.05.